The second kappa shape index (κ2) is 7.60. The van der Waals surface area contributed by atoms with Crippen molar-refractivity contribution in [1.82, 2.24) is 0 Å². The summed E-state index contributed by atoms with van der Waals surface area (Å²) in [5.74, 6) is 0.498. The molecule has 2 heteroatoms. The molecule has 1 aliphatic carbocycles. The minimum atomic E-state index is -0.0330. The number of rotatable bonds is 2. The number of allylic oxidation sites excluding steroid dienone is 2. The molecule has 0 N–H and O–H groups in total. The summed E-state index contributed by atoms with van der Waals surface area (Å²) < 4.78 is 4.98. The SMILES string of the molecule is CC.CCOC(=O)C1CC=CCC1C. The Balaban J connectivity index is 0.000000791. The molecule has 2 unspecified atom stereocenters. The van der Waals surface area contributed by atoms with E-state index in [1.165, 1.54) is 0 Å². The quantitative estimate of drug-likeness (QED) is 0.503. The second-order valence-corrected chi connectivity index (χ2v) is 3.28. The van der Waals surface area contributed by atoms with Crippen molar-refractivity contribution in [2.75, 3.05) is 6.61 Å². The Morgan fingerprint density at radius 1 is 1.36 bits per heavy atom. The van der Waals surface area contributed by atoms with E-state index < -0.39 is 0 Å². The van der Waals surface area contributed by atoms with Crippen molar-refractivity contribution in [2.45, 2.75) is 40.5 Å². The molecule has 0 spiro atoms. The van der Waals surface area contributed by atoms with Crippen LogP contribution in [-0.4, -0.2) is 12.6 Å². The maximum absolute atomic E-state index is 11.4. The molecule has 0 aromatic carbocycles. The number of hydrogen-bond donors (Lipinski definition) is 0. The number of hydrogen-bond acceptors (Lipinski definition) is 2. The zero-order chi connectivity index (χ0) is 11.0. The minimum Gasteiger partial charge on any atom is -0.466 e. The van der Waals surface area contributed by atoms with Gasteiger partial charge >= 0.3 is 5.97 Å². The van der Waals surface area contributed by atoms with Gasteiger partial charge < -0.3 is 4.74 Å². The molecule has 0 bridgehead atoms. The lowest BCUT2D eigenvalue weighted by Crippen LogP contribution is -2.25. The van der Waals surface area contributed by atoms with E-state index >= 15 is 0 Å². The van der Waals surface area contributed by atoms with Crippen LogP contribution in [0.1, 0.15) is 40.5 Å². The molecule has 0 radical (unpaired) electrons. The van der Waals surface area contributed by atoms with Crippen molar-refractivity contribution in [3.8, 4) is 0 Å². The van der Waals surface area contributed by atoms with Gasteiger partial charge in [-0.25, -0.2) is 0 Å². The van der Waals surface area contributed by atoms with Crippen LogP contribution in [0.15, 0.2) is 12.2 Å². The summed E-state index contributed by atoms with van der Waals surface area (Å²) in [7, 11) is 0. The monoisotopic (exact) mass is 198 g/mol. The zero-order valence-electron chi connectivity index (χ0n) is 9.75. The van der Waals surface area contributed by atoms with Crippen LogP contribution in [-0.2, 0) is 9.53 Å². The van der Waals surface area contributed by atoms with Crippen molar-refractivity contribution in [3.05, 3.63) is 12.2 Å². The lowest BCUT2D eigenvalue weighted by Gasteiger charge is -2.22. The normalized spacial score (nSPS) is 24.9. The molecule has 0 aromatic heterocycles. The van der Waals surface area contributed by atoms with Gasteiger partial charge in [-0.05, 0) is 25.7 Å². The highest BCUT2D eigenvalue weighted by molar-refractivity contribution is 5.73. The highest BCUT2D eigenvalue weighted by Crippen LogP contribution is 2.25. The van der Waals surface area contributed by atoms with E-state index in [-0.39, 0.29) is 11.9 Å². The summed E-state index contributed by atoms with van der Waals surface area (Å²) in [5.41, 5.74) is 0. The molecule has 0 aromatic rings. The van der Waals surface area contributed by atoms with E-state index in [4.69, 9.17) is 4.74 Å². The average Bonchev–Trinajstić information content (AvgIpc) is 2.22. The van der Waals surface area contributed by atoms with Crippen LogP contribution in [0.2, 0.25) is 0 Å². The first-order chi connectivity index (χ1) is 6.75. The fourth-order valence-electron chi connectivity index (χ4n) is 1.53. The lowest BCUT2D eigenvalue weighted by molar-refractivity contribution is -0.149. The molecular formula is C12H22O2. The van der Waals surface area contributed by atoms with E-state index in [1.54, 1.807) is 0 Å². The van der Waals surface area contributed by atoms with Gasteiger partial charge in [0.25, 0.3) is 0 Å². The molecule has 0 fully saturated rings. The van der Waals surface area contributed by atoms with E-state index in [9.17, 15) is 4.79 Å². The van der Waals surface area contributed by atoms with Gasteiger partial charge in [0.05, 0.1) is 12.5 Å². The third-order valence-electron chi connectivity index (χ3n) is 2.34. The molecule has 1 aliphatic rings. The van der Waals surface area contributed by atoms with Crippen molar-refractivity contribution in [2.24, 2.45) is 11.8 Å². The number of ether oxygens (including phenoxy) is 1. The minimum absolute atomic E-state index is 0.0330. The Kier molecular flexibility index (Phi) is 7.17. The number of carbonyl (C=O) groups excluding carboxylic acids is 1. The van der Waals surface area contributed by atoms with Gasteiger partial charge in [0.15, 0.2) is 0 Å². The van der Waals surface area contributed by atoms with Crippen LogP contribution in [0.5, 0.6) is 0 Å². The van der Waals surface area contributed by atoms with Crippen molar-refractivity contribution >= 4 is 5.97 Å². The van der Waals surface area contributed by atoms with Gasteiger partial charge in [0, 0.05) is 0 Å². The first-order valence-corrected chi connectivity index (χ1v) is 5.57. The maximum Gasteiger partial charge on any atom is 0.309 e. The van der Waals surface area contributed by atoms with Crippen molar-refractivity contribution in [1.29, 1.82) is 0 Å². The number of esters is 1. The fraction of sp³-hybridized carbons (Fsp3) is 0.750. The molecule has 1 rings (SSSR count). The van der Waals surface area contributed by atoms with Crippen molar-refractivity contribution < 1.29 is 9.53 Å². The summed E-state index contributed by atoms with van der Waals surface area (Å²) in [4.78, 5) is 11.4. The molecule has 0 heterocycles. The summed E-state index contributed by atoms with van der Waals surface area (Å²) in [5, 5.41) is 0. The topological polar surface area (TPSA) is 26.3 Å². The van der Waals surface area contributed by atoms with Gasteiger partial charge in [-0.15, -0.1) is 0 Å². The molecule has 0 saturated heterocycles. The first-order valence-electron chi connectivity index (χ1n) is 5.57. The van der Waals surface area contributed by atoms with Gasteiger partial charge in [-0.3, -0.25) is 4.79 Å². The van der Waals surface area contributed by atoms with E-state index in [0.29, 0.717) is 12.5 Å². The molecule has 2 atom stereocenters. The van der Waals surface area contributed by atoms with Gasteiger partial charge in [0.1, 0.15) is 0 Å². The van der Waals surface area contributed by atoms with Crippen LogP contribution >= 0.6 is 0 Å². The Morgan fingerprint density at radius 2 is 1.93 bits per heavy atom. The van der Waals surface area contributed by atoms with E-state index in [1.807, 2.05) is 20.8 Å². The molecule has 14 heavy (non-hydrogen) atoms. The van der Waals surface area contributed by atoms with Gasteiger partial charge in [-0.2, -0.15) is 0 Å². The summed E-state index contributed by atoms with van der Waals surface area (Å²) in [6, 6.07) is 0. The predicted octanol–water partition coefficient (Wildman–Crippen LogP) is 3.18. The fourth-order valence-corrected chi connectivity index (χ4v) is 1.53. The zero-order valence-corrected chi connectivity index (χ0v) is 9.75. The van der Waals surface area contributed by atoms with E-state index in [2.05, 4.69) is 19.1 Å². The predicted molar refractivity (Wildman–Crippen MR) is 59.0 cm³/mol. The third-order valence-corrected chi connectivity index (χ3v) is 2.34. The molecule has 0 amide bonds. The number of carbonyl (C=O) groups is 1. The van der Waals surface area contributed by atoms with Crippen LogP contribution < -0.4 is 0 Å². The van der Waals surface area contributed by atoms with Gasteiger partial charge in [0.2, 0.25) is 0 Å². The Labute approximate surface area is 87.3 Å². The van der Waals surface area contributed by atoms with Crippen molar-refractivity contribution in [3.63, 3.8) is 0 Å². The third kappa shape index (κ3) is 3.95. The van der Waals surface area contributed by atoms with Gasteiger partial charge in [-0.1, -0.05) is 32.9 Å². The molecule has 0 saturated carbocycles. The van der Waals surface area contributed by atoms with Crippen LogP contribution in [0.3, 0.4) is 0 Å². The molecular weight excluding hydrogens is 176 g/mol. The smallest absolute Gasteiger partial charge is 0.309 e. The van der Waals surface area contributed by atoms with Crippen LogP contribution in [0, 0.1) is 11.8 Å². The Hall–Kier alpha value is -0.790. The summed E-state index contributed by atoms with van der Waals surface area (Å²) >= 11 is 0. The second-order valence-electron chi connectivity index (χ2n) is 3.28. The summed E-state index contributed by atoms with van der Waals surface area (Å²) in [6.07, 6.45) is 6.06. The largest absolute Gasteiger partial charge is 0.466 e. The first kappa shape index (κ1) is 13.2. The molecule has 0 aliphatic heterocycles. The Morgan fingerprint density at radius 3 is 2.43 bits per heavy atom. The molecule has 82 valence electrons. The highest BCUT2D eigenvalue weighted by Gasteiger charge is 2.26. The molecule has 2 nitrogen and oxygen atoms in total. The highest BCUT2D eigenvalue weighted by atomic mass is 16.5. The Bertz CT molecular complexity index is 185. The summed E-state index contributed by atoms with van der Waals surface area (Å²) in [6.45, 7) is 8.44. The average molecular weight is 198 g/mol. The lowest BCUT2D eigenvalue weighted by atomic mass is 9.84. The standard InChI is InChI=1S/C10H16O2.C2H6/c1-3-12-10(11)9-7-5-4-6-8(9)2;1-2/h4-5,8-9H,3,6-7H2,1-2H3;1-2H3. The van der Waals surface area contributed by atoms with Crippen LogP contribution in [0.4, 0.5) is 0 Å². The maximum atomic E-state index is 11.4. The van der Waals surface area contributed by atoms with E-state index in [0.717, 1.165) is 12.8 Å². The van der Waals surface area contributed by atoms with Crippen LogP contribution in [0.25, 0.3) is 0 Å².